The predicted molar refractivity (Wildman–Crippen MR) is 58.1 cm³/mol. The smallest absolute Gasteiger partial charge is 0.123 e. The van der Waals surface area contributed by atoms with Crippen LogP contribution in [0.5, 0.6) is 0 Å². The third-order valence-corrected chi connectivity index (χ3v) is 1.46. The van der Waals surface area contributed by atoms with Gasteiger partial charge >= 0.3 is 0 Å². The summed E-state index contributed by atoms with van der Waals surface area (Å²) >= 11 is 0. The minimum atomic E-state index is 0.607. The Morgan fingerprint density at radius 2 is 2.14 bits per heavy atom. The van der Waals surface area contributed by atoms with Gasteiger partial charge in [0.15, 0.2) is 0 Å². The molecule has 4 N–H and O–H groups in total. The summed E-state index contributed by atoms with van der Waals surface area (Å²) < 4.78 is 0. The molecule has 0 atom stereocenters. The molecule has 0 spiro atoms. The second kappa shape index (κ2) is 6.85. The van der Waals surface area contributed by atoms with Crippen LogP contribution in [0.2, 0.25) is 0 Å². The lowest BCUT2D eigenvalue weighted by atomic mass is 10.2. The first kappa shape index (κ1) is 12.4. The number of allylic oxidation sites excluding steroid dienone is 3. The van der Waals surface area contributed by atoms with E-state index in [-0.39, 0.29) is 0 Å². The van der Waals surface area contributed by atoms with E-state index in [1.165, 1.54) is 6.20 Å². The van der Waals surface area contributed by atoms with Gasteiger partial charge in [-0.2, -0.15) is 5.48 Å². The van der Waals surface area contributed by atoms with E-state index in [9.17, 15) is 0 Å². The molecule has 78 valence electrons. The molecule has 0 aliphatic carbocycles. The Morgan fingerprint density at radius 3 is 2.57 bits per heavy atom. The first-order valence-electron chi connectivity index (χ1n) is 4.13. The van der Waals surface area contributed by atoms with Gasteiger partial charge < -0.3 is 10.6 Å². The summed E-state index contributed by atoms with van der Waals surface area (Å²) in [5.41, 5.74) is 9.28. The fraction of sp³-hybridized carbons (Fsp3) is 0.333. The second-order valence-electron chi connectivity index (χ2n) is 2.55. The normalized spacial score (nSPS) is 14.1. The molecule has 0 aliphatic heterocycles. The van der Waals surface area contributed by atoms with Crippen molar-refractivity contribution in [2.45, 2.75) is 13.8 Å². The van der Waals surface area contributed by atoms with Crippen molar-refractivity contribution in [1.29, 1.82) is 5.41 Å². The number of aliphatic imine (C=N–C) groups is 1. The van der Waals surface area contributed by atoms with Crippen LogP contribution in [0.25, 0.3) is 0 Å². The Balaban J connectivity index is 4.78. The molecule has 0 heterocycles. The Morgan fingerprint density at radius 1 is 1.50 bits per heavy atom. The average molecular weight is 196 g/mol. The largest absolute Gasteiger partial charge is 0.414 e. The third kappa shape index (κ3) is 4.42. The van der Waals surface area contributed by atoms with Crippen LogP contribution in [0.3, 0.4) is 0 Å². The summed E-state index contributed by atoms with van der Waals surface area (Å²) in [6.07, 6.45) is 4.09. The number of hydrogen-bond acceptors (Lipinski definition) is 4. The molecule has 14 heavy (non-hydrogen) atoms. The predicted octanol–water partition coefficient (Wildman–Crippen LogP) is 0.952. The summed E-state index contributed by atoms with van der Waals surface area (Å²) in [4.78, 5) is 8.84. The van der Waals surface area contributed by atoms with Gasteiger partial charge in [0.2, 0.25) is 0 Å². The molecule has 5 heteroatoms. The molecular weight excluding hydrogens is 180 g/mol. The van der Waals surface area contributed by atoms with Gasteiger partial charge in [-0.25, -0.2) is 4.99 Å². The summed E-state index contributed by atoms with van der Waals surface area (Å²) in [5.74, 6) is 0.648. The van der Waals surface area contributed by atoms with Gasteiger partial charge in [0.1, 0.15) is 12.1 Å². The van der Waals surface area contributed by atoms with Gasteiger partial charge in [0.05, 0.1) is 5.71 Å². The first-order valence-corrected chi connectivity index (χ1v) is 4.13. The maximum Gasteiger partial charge on any atom is 0.123 e. The Bertz CT molecular complexity index is 279. The van der Waals surface area contributed by atoms with E-state index in [1.807, 2.05) is 6.92 Å². The van der Waals surface area contributed by atoms with Crippen molar-refractivity contribution in [2.24, 2.45) is 10.7 Å². The second-order valence-corrected chi connectivity index (χ2v) is 2.55. The van der Waals surface area contributed by atoms with Crippen molar-refractivity contribution in [3.8, 4) is 0 Å². The molecule has 0 unspecified atom stereocenters. The zero-order valence-electron chi connectivity index (χ0n) is 8.66. The number of rotatable bonds is 5. The molecule has 0 bridgehead atoms. The SMILES string of the molecule is CNO/C(C)=C/C(=N/C=N)C(/C)=C/N. The van der Waals surface area contributed by atoms with E-state index in [1.54, 1.807) is 20.0 Å². The van der Waals surface area contributed by atoms with Crippen LogP contribution in [-0.4, -0.2) is 19.1 Å². The van der Waals surface area contributed by atoms with Gasteiger partial charge in [0, 0.05) is 13.1 Å². The van der Waals surface area contributed by atoms with Crippen LogP contribution in [0.15, 0.2) is 28.6 Å². The molecule has 0 aromatic rings. The van der Waals surface area contributed by atoms with Crippen LogP contribution < -0.4 is 11.2 Å². The number of hydroxylamine groups is 1. The van der Waals surface area contributed by atoms with Crippen LogP contribution in [-0.2, 0) is 4.84 Å². The Labute approximate surface area is 83.8 Å². The summed E-state index contributed by atoms with van der Waals surface area (Å²) in [6, 6.07) is 0. The van der Waals surface area contributed by atoms with Crippen molar-refractivity contribution in [1.82, 2.24) is 5.48 Å². The number of nitrogens with zero attached hydrogens (tertiary/aromatic N) is 1. The van der Waals surface area contributed by atoms with Crippen molar-refractivity contribution in [2.75, 3.05) is 7.05 Å². The maximum atomic E-state index is 6.88. The number of nitrogens with two attached hydrogens (primary N) is 1. The highest BCUT2D eigenvalue weighted by Crippen LogP contribution is 2.01. The lowest BCUT2D eigenvalue weighted by Gasteiger charge is -2.04. The minimum absolute atomic E-state index is 0.607. The molecule has 0 saturated heterocycles. The van der Waals surface area contributed by atoms with E-state index < -0.39 is 0 Å². The zero-order valence-corrected chi connectivity index (χ0v) is 8.66. The number of hydrogen-bond donors (Lipinski definition) is 3. The highest BCUT2D eigenvalue weighted by molar-refractivity contribution is 6.10. The first-order chi connectivity index (χ1) is 6.65. The average Bonchev–Trinajstić information content (AvgIpc) is 2.16. The highest BCUT2D eigenvalue weighted by atomic mass is 16.6. The minimum Gasteiger partial charge on any atom is -0.414 e. The molecular formula is C9H16N4O. The lowest BCUT2D eigenvalue weighted by molar-refractivity contribution is 0.128. The van der Waals surface area contributed by atoms with Gasteiger partial charge in [-0.15, -0.1) is 0 Å². The lowest BCUT2D eigenvalue weighted by Crippen LogP contribution is -2.07. The molecule has 0 radical (unpaired) electrons. The maximum absolute atomic E-state index is 6.88. The zero-order chi connectivity index (χ0) is 11.0. The molecule has 5 nitrogen and oxygen atoms in total. The van der Waals surface area contributed by atoms with Gasteiger partial charge in [0.25, 0.3) is 0 Å². The van der Waals surface area contributed by atoms with E-state index in [4.69, 9.17) is 16.0 Å². The topological polar surface area (TPSA) is 83.5 Å². The molecule has 0 saturated carbocycles. The Hall–Kier alpha value is -1.62. The molecule has 0 aromatic carbocycles. The summed E-state index contributed by atoms with van der Waals surface area (Å²) in [6.45, 7) is 3.59. The van der Waals surface area contributed by atoms with Crippen LogP contribution in [0.1, 0.15) is 13.8 Å². The van der Waals surface area contributed by atoms with Gasteiger partial charge in [-0.3, -0.25) is 5.41 Å². The van der Waals surface area contributed by atoms with Crippen molar-refractivity contribution in [3.63, 3.8) is 0 Å². The van der Waals surface area contributed by atoms with E-state index >= 15 is 0 Å². The molecule has 0 amide bonds. The summed E-state index contributed by atoms with van der Waals surface area (Å²) in [5, 5.41) is 6.88. The van der Waals surface area contributed by atoms with Crippen molar-refractivity contribution >= 4 is 12.1 Å². The van der Waals surface area contributed by atoms with Crippen molar-refractivity contribution < 1.29 is 4.84 Å². The van der Waals surface area contributed by atoms with Gasteiger partial charge in [-0.1, -0.05) is 0 Å². The summed E-state index contributed by atoms with van der Waals surface area (Å²) in [7, 11) is 1.66. The third-order valence-electron chi connectivity index (χ3n) is 1.46. The highest BCUT2D eigenvalue weighted by Gasteiger charge is 1.99. The van der Waals surface area contributed by atoms with E-state index in [2.05, 4.69) is 10.5 Å². The fourth-order valence-electron chi connectivity index (χ4n) is 0.791. The van der Waals surface area contributed by atoms with Crippen molar-refractivity contribution in [3.05, 3.63) is 23.6 Å². The van der Waals surface area contributed by atoms with E-state index in [0.29, 0.717) is 11.5 Å². The quantitative estimate of drug-likeness (QED) is 0.265. The van der Waals surface area contributed by atoms with Crippen LogP contribution in [0, 0.1) is 5.41 Å². The molecule has 0 aromatic heterocycles. The van der Waals surface area contributed by atoms with Gasteiger partial charge in [-0.05, 0) is 25.6 Å². The fourth-order valence-corrected chi connectivity index (χ4v) is 0.791. The molecule has 0 rings (SSSR count). The standard InChI is InChI=1S/C9H16N4O/c1-7(5-10)9(13-6-11)4-8(2)14-12-3/h4-6,11-12H,10H2,1-3H3/b7-5+,8-4+,11-6?,13-9-. The van der Waals surface area contributed by atoms with Crippen LogP contribution in [0.4, 0.5) is 0 Å². The van der Waals surface area contributed by atoms with Crippen LogP contribution >= 0.6 is 0 Å². The molecule has 0 fully saturated rings. The number of nitrogens with one attached hydrogen (secondary N) is 2. The van der Waals surface area contributed by atoms with E-state index in [0.717, 1.165) is 11.9 Å². The molecule has 0 aliphatic rings. The monoisotopic (exact) mass is 196 g/mol. The Kier molecular flexibility index (Phi) is 6.06.